The van der Waals surface area contributed by atoms with E-state index in [1.807, 2.05) is 18.2 Å². The molecule has 1 aromatic heterocycles. The number of esters is 1. The lowest BCUT2D eigenvalue weighted by atomic mass is 10.1. The molecule has 0 radical (unpaired) electrons. The number of ether oxygens (including phenoxy) is 3. The summed E-state index contributed by atoms with van der Waals surface area (Å²) < 4.78 is 16.0. The quantitative estimate of drug-likeness (QED) is 0.604. The van der Waals surface area contributed by atoms with Crippen LogP contribution in [0.4, 0.5) is 0 Å². The Morgan fingerprint density at radius 1 is 1.23 bits per heavy atom. The minimum atomic E-state index is -0.408. The molecule has 0 aliphatic rings. The Morgan fingerprint density at radius 3 is 2.77 bits per heavy atom. The molecule has 22 heavy (non-hydrogen) atoms. The SMILES string of the molecule is CCOC(=O)/C=C/c1cccc(OC)c1Oc1ccccn1. The number of methoxy groups -OCH3 is 1. The van der Waals surface area contributed by atoms with Gasteiger partial charge in [-0.15, -0.1) is 0 Å². The van der Waals surface area contributed by atoms with Crippen molar-refractivity contribution >= 4 is 12.0 Å². The van der Waals surface area contributed by atoms with Crippen LogP contribution in [0.3, 0.4) is 0 Å². The molecule has 2 aromatic rings. The minimum Gasteiger partial charge on any atom is -0.493 e. The smallest absolute Gasteiger partial charge is 0.330 e. The van der Waals surface area contributed by atoms with Gasteiger partial charge in [0.15, 0.2) is 11.5 Å². The molecule has 5 heteroatoms. The topological polar surface area (TPSA) is 57.7 Å². The fourth-order valence-corrected chi connectivity index (χ4v) is 1.79. The maximum Gasteiger partial charge on any atom is 0.330 e. The molecule has 0 spiro atoms. The lowest BCUT2D eigenvalue weighted by Gasteiger charge is -2.12. The number of carbonyl (C=O) groups is 1. The highest BCUT2D eigenvalue weighted by molar-refractivity contribution is 5.87. The summed E-state index contributed by atoms with van der Waals surface area (Å²) in [7, 11) is 1.56. The Labute approximate surface area is 129 Å². The van der Waals surface area contributed by atoms with E-state index < -0.39 is 5.97 Å². The van der Waals surface area contributed by atoms with Crippen molar-refractivity contribution in [3.63, 3.8) is 0 Å². The number of pyridine rings is 1. The van der Waals surface area contributed by atoms with E-state index in [0.717, 1.165) is 0 Å². The monoisotopic (exact) mass is 299 g/mol. The molecule has 114 valence electrons. The van der Waals surface area contributed by atoms with Crippen molar-refractivity contribution in [3.05, 3.63) is 54.2 Å². The summed E-state index contributed by atoms with van der Waals surface area (Å²) in [4.78, 5) is 15.6. The van der Waals surface area contributed by atoms with Gasteiger partial charge in [-0.3, -0.25) is 0 Å². The Balaban J connectivity index is 2.31. The Morgan fingerprint density at radius 2 is 2.09 bits per heavy atom. The standard InChI is InChI=1S/C17H17NO4/c1-3-21-16(19)11-10-13-7-6-8-14(20-2)17(13)22-15-9-4-5-12-18-15/h4-12H,3H2,1-2H3/b11-10+. The van der Waals surface area contributed by atoms with Crippen molar-refractivity contribution in [2.45, 2.75) is 6.92 Å². The molecule has 0 fully saturated rings. The van der Waals surface area contributed by atoms with E-state index in [-0.39, 0.29) is 0 Å². The third kappa shape index (κ3) is 4.09. The van der Waals surface area contributed by atoms with Crippen LogP contribution in [-0.4, -0.2) is 24.7 Å². The summed E-state index contributed by atoms with van der Waals surface area (Å²) in [6, 6.07) is 10.8. The second-order valence-electron chi connectivity index (χ2n) is 4.23. The number of nitrogens with zero attached hydrogens (tertiary/aromatic N) is 1. The van der Waals surface area contributed by atoms with Gasteiger partial charge in [0, 0.05) is 23.9 Å². The minimum absolute atomic E-state index is 0.332. The normalized spacial score (nSPS) is 10.5. The maximum absolute atomic E-state index is 11.4. The predicted octanol–water partition coefficient (Wildman–Crippen LogP) is 3.46. The van der Waals surface area contributed by atoms with E-state index in [0.29, 0.717) is 29.5 Å². The van der Waals surface area contributed by atoms with Crippen molar-refractivity contribution in [3.8, 4) is 17.4 Å². The molecule has 0 aliphatic heterocycles. The van der Waals surface area contributed by atoms with Gasteiger partial charge in [-0.1, -0.05) is 18.2 Å². The van der Waals surface area contributed by atoms with Crippen molar-refractivity contribution in [1.82, 2.24) is 4.98 Å². The molecular weight excluding hydrogens is 282 g/mol. The number of carbonyl (C=O) groups excluding carboxylic acids is 1. The average molecular weight is 299 g/mol. The first kappa shape index (κ1) is 15.6. The van der Waals surface area contributed by atoms with Crippen LogP contribution in [0.15, 0.2) is 48.7 Å². The van der Waals surface area contributed by atoms with Gasteiger partial charge >= 0.3 is 5.97 Å². The second kappa shape index (κ2) is 7.83. The van der Waals surface area contributed by atoms with Crippen LogP contribution in [-0.2, 0) is 9.53 Å². The molecule has 1 heterocycles. The van der Waals surface area contributed by atoms with E-state index in [9.17, 15) is 4.79 Å². The van der Waals surface area contributed by atoms with Crippen LogP contribution < -0.4 is 9.47 Å². The molecule has 1 aromatic carbocycles. The highest BCUT2D eigenvalue weighted by Gasteiger charge is 2.11. The summed E-state index contributed by atoms with van der Waals surface area (Å²) in [5.74, 6) is 1.08. The lowest BCUT2D eigenvalue weighted by molar-refractivity contribution is -0.137. The van der Waals surface area contributed by atoms with E-state index in [1.165, 1.54) is 6.08 Å². The van der Waals surface area contributed by atoms with Gasteiger partial charge in [0.25, 0.3) is 0 Å². The molecule has 0 N–H and O–H groups in total. The fourth-order valence-electron chi connectivity index (χ4n) is 1.79. The van der Waals surface area contributed by atoms with Crippen LogP contribution in [0.2, 0.25) is 0 Å². The van der Waals surface area contributed by atoms with Gasteiger partial charge in [-0.2, -0.15) is 0 Å². The summed E-state index contributed by atoms with van der Waals surface area (Å²) >= 11 is 0. The van der Waals surface area contributed by atoms with Crippen LogP contribution in [0, 0.1) is 0 Å². The molecule has 2 rings (SSSR count). The molecule has 0 aliphatic carbocycles. The van der Waals surface area contributed by atoms with Crippen LogP contribution in [0.5, 0.6) is 17.4 Å². The third-order valence-corrected chi connectivity index (χ3v) is 2.76. The van der Waals surface area contributed by atoms with E-state index in [2.05, 4.69) is 4.98 Å². The molecule has 0 amide bonds. The lowest BCUT2D eigenvalue weighted by Crippen LogP contribution is -1.99. The number of para-hydroxylation sites is 1. The summed E-state index contributed by atoms with van der Waals surface area (Å²) in [6.45, 7) is 2.09. The van der Waals surface area contributed by atoms with Gasteiger partial charge in [0.05, 0.1) is 13.7 Å². The molecule has 0 unspecified atom stereocenters. The fraction of sp³-hybridized carbons (Fsp3) is 0.176. The molecule has 0 saturated heterocycles. The number of hydrogen-bond donors (Lipinski definition) is 0. The highest BCUT2D eigenvalue weighted by Crippen LogP contribution is 2.35. The molecule has 0 bridgehead atoms. The van der Waals surface area contributed by atoms with Crippen molar-refractivity contribution in [1.29, 1.82) is 0 Å². The molecule has 5 nitrogen and oxygen atoms in total. The number of hydrogen-bond acceptors (Lipinski definition) is 5. The molecule has 0 atom stereocenters. The highest BCUT2D eigenvalue weighted by atomic mass is 16.5. The van der Waals surface area contributed by atoms with Gasteiger partial charge in [0.2, 0.25) is 5.88 Å². The largest absolute Gasteiger partial charge is 0.493 e. The van der Waals surface area contributed by atoms with Crippen LogP contribution >= 0.6 is 0 Å². The van der Waals surface area contributed by atoms with E-state index >= 15 is 0 Å². The average Bonchev–Trinajstić information content (AvgIpc) is 2.55. The van der Waals surface area contributed by atoms with Gasteiger partial charge in [-0.25, -0.2) is 9.78 Å². The van der Waals surface area contributed by atoms with Crippen molar-refractivity contribution in [2.75, 3.05) is 13.7 Å². The zero-order valence-electron chi connectivity index (χ0n) is 12.5. The zero-order valence-corrected chi connectivity index (χ0v) is 12.5. The Kier molecular flexibility index (Phi) is 5.54. The number of rotatable bonds is 6. The van der Waals surface area contributed by atoms with Crippen molar-refractivity contribution < 1.29 is 19.0 Å². The van der Waals surface area contributed by atoms with Gasteiger partial charge in [-0.05, 0) is 25.1 Å². The number of benzene rings is 1. The van der Waals surface area contributed by atoms with Gasteiger partial charge in [0.1, 0.15) is 0 Å². The van der Waals surface area contributed by atoms with Gasteiger partial charge < -0.3 is 14.2 Å². The third-order valence-electron chi connectivity index (χ3n) is 2.76. The first-order valence-corrected chi connectivity index (χ1v) is 6.85. The van der Waals surface area contributed by atoms with Crippen LogP contribution in [0.1, 0.15) is 12.5 Å². The number of aromatic nitrogens is 1. The first-order valence-electron chi connectivity index (χ1n) is 6.85. The Bertz CT molecular complexity index is 653. The predicted molar refractivity (Wildman–Crippen MR) is 83.0 cm³/mol. The molecule has 0 saturated carbocycles. The molecular formula is C17H17NO4. The van der Waals surface area contributed by atoms with E-state index in [1.54, 1.807) is 44.5 Å². The summed E-state index contributed by atoms with van der Waals surface area (Å²) in [5.41, 5.74) is 0.693. The van der Waals surface area contributed by atoms with Crippen LogP contribution in [0.25, 0.3) is 6.08 Å². The van der Waals surface area contributed by atoms with Crippen molar-refractivity contribution in [2.24, 2.45) is 0 Å². The zero-order chi connectivity index (χ0) is 15.8. The second-order valence-corrected chi connectivity index (χ2v) is 4.23. The Hall–Kier alpha value is -2.82. The summed E-state index contributed by atoms with van der Waals surface area (Å²) in [6.07, 6.45) is 4.61. The first-order chi connectivity index (χ1) is 10.7. The maximum atomic E-state index is 11.4. The van der Waals surface area contributed by atoms with E-state index in [4.69, 9.17) is 14.2 Å². The summed E-state index contributed by atoms with van der Waals surface area (Å²) in [5, 5.41) is 0.